The number of hydrogen-bond donors (Lipinski definition) is 2. The second-order valence-corrected chi connectivity index (χ2v) is 5.73. The van der Waals surface area contributed by atoms with E-state index >= 15 is 0 Å². The molecule has 0 radical (unpaired) electrons. The highest BCUT2D eigenvalue weighted by atomic mass is 32.2. The summed E-state index contributed by atoms with van der Waals surface area (Å²) in [5.41, 5.74) is 0.612. The summed E-state index contributed by atoms with van der Waals surface area (Å²) in [7, 11) is -3.73. The van der Waals surface area contributed by atoms with E-state index in [0.717, 1.165) is 5.56 Å². The van der Waals surface area contributed by atoms with Crippen molar-refractivity contribution < 1.29 is 13.3 Å². The molecule has 0 saturated heterocycles. The minimum absolute atomic E-state index is 0.00932. The Kier molecular flexibility index (Phi) is 4.15. The first kappa shape index (κ1) is 14.9. The Morgan fingerprint density at radius 2 is 1.90 bits per heavy atom. The van der Waals surface area contributed by atoms with Crippen LogP contribution in [0.25, 0.3) is 0 Å². The molecule has 21 heavy (non-hydrogen) atoms. The summed E-state index contributed by atoms with van der Waals surface area (Å²) in [6.07, 6.45) is 1.44. The van der Waals surface area contributed by atoms with Crippen molar-refractivity contribution >= 4 is 21.5 Å². The van der Waals surface area contributed by atoms with Gasteiger partial charge in [-0.25, -0.2) is 18.5 Å². The molecule has 0 aliphatic carbocycles. The van der Waals surface area contributed by atoms with E-state index in [1.807, 2.05) is 0 Å². The monoisotopic (exact) mass is 308 g/mol. The number of hydrogen-bond acceptors (Lipinski definition) is 6. The molecule has 0 bridgehead atoms. The smallest absolute Gasteiger partial charge is 0.311 e. The maximum absolute atomic E-state index is 11.1. The van der Waals surface area contributed by atoms with Crippen LogP contribution < -0.4 is 10.5 Å². The number of nitrogens with one attached hydrogen (secondary N) is 1. The predicted molar refractivity (Wildman–Crippen MR) is 76.0 cm³/mol. The molecule has 2 rings (SSSR count). The maximum atomic E-state index is 11.1. The first-order valence-corrected chi connectivity index (χ1v) is 7.37. The molecule has 2 aromatic rings. The van der Waals surface area contributed by atoms with Gasteiger partial charge in [0.15, 0.2) is 0 Å². The first-order valence-electron chi connectivity index (χ1n) is 5.83. The van der Waals surface area contributed by atoms with Gasteiger partial charge >= 0.3 is 5.69 Å². The molecule has 110 valence electrons. The Labute approximate surface area is 120 Å². The molecule has 0 unspecified atom stereocenters. The summed E-state index contributed by atoms with van der Waals surface area (Å²) in [6, 6.07) is 8.71. The van der Waals surface area contributed by atoms with Crippen molar-refractivity contribution in [2.75, 3.05) is 5.32 Å². The van der Waals surface area contributed by atoms with Gasteiger partial charge in [-0.1, -0.05) is 12.1 Å². The second-order valence-electron chi connectivity index (χ2n) is 4.17. The lowest BCUT2D eigenvalue weighted by Crippen LogP contribution is -2.12. The molecular weight excluding hydrogens is 296 g/mol. The third-order valence-corrected chi connectivity index (χ3v) is 3.62. The van der Waals surface area contributed by atoms with E-state index in [2.05, 4.69) is 10.3 Å². The summed E-state index contributed by atoms with van der Waals surface area (Å²) in [6.45, 7) is 0.267. The lowest BCUT2D eigenvalue weighted by molar-refractivity contribution is -0.384. The zero-order valence-electron chi connectivity index (χ0n) is 10.8. The molecule has 0 amide bonds. The highest BCUT2D eigenvalue weighted by Crippen LogP contribution is 2.21. The Morgan fingerprint density at radius 1 is 1.24 bits per heavy atom. The summed E-state index contributed by atoms with van der Waals surface area (Å²) in [5, 5.41) is 18.7. The van der Waals surface area contributed by atoms with E-state index in [-0.39, 0.29) is 22.9 Å². The largest absolute Gasteiger partial charge is 0.360 e. The number of benzene rings is 1. The van der Waals surface area contributed by atoms with E-state index in [1.165, 1.54) is 30.5 Å². The van der Waals surface area contributed by atoms with Gasteiger partial charge < -0.3 is 5.32 Å². The van der Waals surface area contributed by atoms with Crippen molar-refractivity contribution in [1.29, 1.82) is 0 Å². The summed E-state index contributed by atoms with van der Waals surface area (Å²) >= 11 is 0. The van der Waals surface area contributed by atoms with E-state index < -0.39 is 14.9 Å². The van der Waals surface area contributed by atoms with Crippen LogP contribution in [0.2, 0.25) is 0 Å². The topological polar surface area (TPSA) is 128 Å². The van der Waals surface area contributed by atoms with Gasteiger partial charge in [0.1, 0.15) is 0 Å². The maximum Gasteiger partial charge on any atom is 0.311 e. The van der Waals surface area contributed by atoms with E-state index in [4.69, 9.17) is 5.14 Å². The van der Waals surface area contributed by atoms with Crippen LogP contribution >= 0.6 is 0 Å². The van der Waals surface area contributed by atoms with Gasteiger partial charge in [-0.2, -0.15) is 0 Å². The fourth-order valence-corrected chi connectivity index (χ4v) is 2.18. The SMILES string of the molecule is NS(=O)(=O)c1ccc(CNc2ncccc2[N+](=O)[O-])cc1. The number of primary sulfonamides is 1. The number of sulfonamides is 1. The molecule has 1 aromatic heterocycles. The summed E-state index contributed by atoms with van der Waals surface area (Å²) < 4.78 is 22.2. The van der Waals surface area contributed by atoms with E-state index in [9.17, 15) is 18.5 Å². The quantitative estimate of drug-likeness (QED) is 0.632. The van der Waals surface area contributed by atoms with Crippen molar-refractivity contribution in [2.45, 2.75) is 11.4 Å². The minimum Gasteiger partial charge on any atom is -0.360 e. The fourth-order valence-electron chi connectivity index (χ4n) is 1.66. The Hall–Kier alpha value is -2.52. The molecule has 9 heteroatoms. The van der Waals surface area contributed by atoms with Gasteiger partial charge in [-0.15, -0.1) is 0 Å². The van der Waals surface area contributed by atoms with Crippen LogP contribution in [0.5, 0.6) is 0 Å². The van der Waals surface area contributed by atoms with Crippen LogP contribution in [0.4, 0.5) is 11.5 Å². The molecule has 0 atom stereocenters. The Bertz CT molecular complexity index is 759. The molecule has 0 saturated carbocycles. The lowest BCUT2D eigenvalue weighted by atomic mass is 10.2. The number of pyridine rings is 1. The number of nitro groups is 1. The molecule has 1 heterocycles. The van der Waals surface area contributed by atoms with Crippen LogP contribution in [0, 0.1) is 10.1 Å². The molecular formula is C12H12N4O4S. The van der Waals surface area contributed by atoms with Gasteiger partial charge in [0.25, 0.3) is 0 Å². The van der Waals surface area contributed by atoms with Gasteiger partial charge in [-0.05, 0) is 23.8 Å². The number of aromatic nitrogens is 1. The standard InChI is InChI=1S/C12H12N4O4S/c13-21(19,20)10-5-3-9(4-6-10)8-15-12-11(16(17)18)2-1-7-14-12/h1-7H,8H2,(H,14,15)(H2,13,19,20). The van der Waals surface area contributed by atoms with Crippen LogP contribution in [-0.4, -0.2) is 18.3 Å². The van der Waals surface area contributed by atoms with Crippen LogP contribution in [0.1, 0.15) is 5.56 Å². The number of nitrogens with zero attached hydrogens (tertiary/aromatic N) is 2. The van der Waals surface area contributed by atoms with E-state index in [0.29, 0.717) is 0 Å². The molecule has 8 nitrogen and oxygen atoms in total. The van der Waals surface area contributed by atoms with Gasteiger partial charge in [0, 0.05) is 18.8 Å². The van der Waals surface area contributed by atoms with Gasteiger partial charge in [0.05, 0.1) is 9.82 Å². The average Bonchev–Trinajstić information content (AvgIpc) is 2.45. The highest BCUT2D eigenvalue weighted by molar-refractivity contribution is 7.89. The average molecular weight is 308 g/mol. The second kappa shape index (κ2) is 5.85. The first-order chi connectivity index (χ1) is 9.88. The Morgan fingerprint density at radius 3 is 2.48 bits per heavy atom. The Balaban J connectivity index is 2.12. The zero-order chi connectivity index (χ0) is 15.5. The van der Waals surface area contributed by atoms with Crippen molar-refractivity contribution in [1.82, 2.24) is 4.98 Å². The van der Waals surface area contributed by atoms with Crippen molar-refractivity contribution in [3.05, 3.63) is 58.3 Å². The number of anilines is 1. The van der Waals surface area contributed by atoms with Crippen LogP contribution in [0.15, 0.2) is 47.5 Å². The summed E-state index contributed by atoms with van der Waals surface area (Å²) in [5.74, 6) is 0.151. The van der Waals surface area contributed by atoms with Crippen molar-refractivity contribution in [3.8, 4) is 0 Å². The zero-order valence-corrected chi connectivity index (χ0v) is 11.6. The van der Waals surface area contributed by atoms with E-state index in [1.54, 1.807) is 12.1 Å². The lowest BCUT2D eigenvalue weighted by Gasteiger charge is -2.06. The molecule has 0 spiro atoms. The normalized spacial score (nSPS) is 11.1. The third kappa shape index (κ3) is 3.74. The van der Waals surface area contributed by atoms with Gasteiger partial charge in [0.2, 0.25) is 15.8 Å². The minimum atomic E-state index is -3.73. The number of rotatable bonds is 5. The van der Waals surface area contributed by atoms with Crippen LogP contribution in [0.3, 0.4) is 0 Å². The molecule has 0 aliphatic heterocycles. The molecule has 0 aliphatic rings. The predicted octanol–water partition coefficient (Wildman–Crippen LogP) is 1.25. The highest BCUT2D eigenvalue weighted by Gasteiger charge is 2.13. The third-order valence-electron chi connectivity index (χ3n) is 2.69. The number of nitrogens with two attached hydrogens (primary N) is 1. The van der Waals surface area contributed by atoms with Gasteiger partial charge in [-0.3, -0.25) is 10.1 Å². The van der Waals surface area contributed by atoms with Crippen molar-refractivity contribution in [3.63, 3.8) is 0 Å². The fraction of sp³-hybridized carbons (Fsp3) is 0.0833. The molecule has 1 aromatic carbocycles. The summed E-state index contributed by atoms with van der Waals surface area (Å²) in [4.78, 5) is 14.2. The van der Waals surface area contributed by atoms with Crippen molar-refractivity contribution in [2.24, 2.45) is 5.14 Å². The molecule has 0 fully saturated rings. The molecule has 3 N–H and O–H groups in total. The van der Waals surface area contributed by atoms with Crippen LogP contribution in [-0.2, 0) is 16.6 Å².